The van der Waals surface area contributed by atoms with E-state index in [0.717, 1.165) is 15.9 Å². The average Bonchev–Trinajstić information content (AvgIpc) is 2.90. The first-order chi connectivity index (χ1) is 10.6. The summed E-state index contributed by atoms with van der Waals surface area (Å²) in [5.41, 5.74) is -0.652. The number of rotatable bonds is 4. The molecule has 1 aliphatic heterocycles. The number of carbonyl (C=O) groups is 1. The molecule has 0 spiro atoms. The molecule has 1 aromatic rings. The van der Waals surface area contributed by atoms with Gasteiger partial charge in [0.2, 0.25) is 11.6 Å². The van der Waals surface area contributed by atoms with Gasteiger partial charge in [-0.1, -0.05) is 6.92 Å². The number of nitrogens with zero attached hydrogens (tertiary/aromatic N) is 4. The fourth-order valence-corrected chi connectivity index (χ4v) is 2.84. The summed E-state index contributed by atoms with van der Waals surface area (Å²) >= 11 is 3.40. The third-order valence-corrected chi connectivity index (χ3v) is 5.02. The summed E-state index contributed by atoms with van der Waals surface area (Å²) in [6.07, 6.45) is -3.45. The van der Waals surface area contributed by atoms with Gasteiger partial charge in [0.05, 0.1) is 22.6 Å². The molecule has 23 heavy (non-hydrogen) atoms. The number of halogens is 3. The van der Waals surface area contributed by atoms with E-state index in [0.29, 0.717) is 10.7 Å². The summed E-state index contributed by atoms with van der Waals surface area (Å²) in [6.45, 7) is 6.98. The Balaban J connectivity index is 2.20. The molecule has 6 nitrogen and oxygen atoms in total. The SMILES string of the molecule is CC1=NN(C(=O)C(C)Cn2nc(C)c(Br)c2C)C(O)(C(F)F)C1. The molecule has 128 valence electrons. The molecule has 0 aromatic carbocycles. The van der Waals surface area contributed by atoms with Crippen LogP contribution in [0.3, 0.4) is 0 Å². The molecular weight excluding hydrogens is 374 g/mol. The second-order valence-corrected chi connectivity index (χ2v) is 6.70. The summed E-state index contributed by atoms with van der Waals surface area (Å²) in [7, 11) is 0. The van der Waals surface area contributed by atoms with E-state index in [1.54, 1.807) is 11.6 Å². The van der Waals surface area contributed by atoms with E-state index >= 15 is 0 Å². The lowest BCUT2D eigenvalue weighted by atomic mass is 10.1. The maximum atomic E-state index is 13.2. The molecule has 2 atom stereocenters. The van der Waals surface area contributed by atoms with Gasteiger partial charge in [0.25, 0.3) is 6.43 Å². The molecule has 1 N–H and O–H groups in total. The van der Waals surface area contributed by atoms with Crippen LogP contribution in [0.25, 0.3) is 0 Å². The van der Waals surface area contributed by atoms with Crippen molar-refractivity contribution in [2.45, 2.75) is 52.8 Å². The Labute approximate surface area is 141 Å². The summed E-state index contributed by atoms with van der Waals surface area (Å²) in [6, 6.07) is 0. The third-order valence-electron chi connectivity index (χ3n) is 3.87. The number of carbonyl (C=O) groups excluding carboxylic acids is 1. The first kappa shape index (κ1) is 18.0. The number of aromatic nitrogens is 2. The Kier molecular flexibility index (Phi) is 4.91. The van der Waals surface area contributed by atoms with Crippen molar-refractivity contribution < 1.29 is 18.7 Å². The molecule has 0 saturated heterocycles. The van der Waals surface area contributed by atoms with Gasteiger partial charge >= 0.3 is 0 Å². The van der Waals surface area contributed by atoms with E-state index in [-0.39, 0.29) is 13.0 Å². The van der Waals surface area contributed by atoms with Crippen LogP contribution in [0.4, 0.5) is 8.78 Å². The van der Waals surface area contributed by atoms with Crippen LogP contribution in [0, 0.1) is 19.8 Å². The van der Waals surface area contributed by atoms with Gasteiger partial charge in [-0.2, -0.15) is 15.2 Å². The Morgan fingerprint density at radius 2 is 2.04 bits per heavy atom. The van der Waals surface area contributed by atoms with Gasteiger partial charge in [-0.15, -0.1) is 0 Å². The number of aliphatic hydroxyl groups is 1. The van der Waals surface area contributed by atoms with Gasteiger partial charge in [-0.3, -0.25) is 9.48 Å². The summed E-state index contributed by atoms with van der Waals surface area (Å²) in [5.74, 6) is -1.33. The Morgan fingerprint density at radius 3 is 2.52 bits per heavy atom. The zero-order valence-corrected chi connectivity index (χ0v) is 14.9. The molecule has 0 saturated carbocycles. The lowest BCUT2D eigenvalue weighted by Crippen LogP contribution is -2.53. The first-order valence-electron chi connectivity index (χ1n) is 7.16. The van der Waals surface area contributed by atoms with Crippen molar-refractivity contribution >= 4 is 27.5 Å². The lowest BCUT2D eigenvalue weighted by molar-refractivity contribution is -0.194. The number of hydrogen-bond acceptors (Lipinski definition) is 4. The van der Waals surface area contributed by atoms with Crippen LogP contribution < -0.4 is 0 Å². The average molecular weight is 393 g/mol. The van der Waals surface area contributed by atoms with Crippen molar-refractivity contribution in [3.8, 4) is 0 Å². The van der Waals surface area contributed by atoms with Crippen molar-refractivity contribution in [2.24, 2.45) is 11.0 Å². The second kappa shape index (κ2) is 6.27. The zero-order valence-electron chi connectivity index (χ0n) is 13.3. The minimum Gasteiger partial charge on any atom is -0.364 e. The predicted octanol–water partition coefficient (Wildman–Crippen LogP) is 2.46. The summed E-state index contributed by atoms with van der Waals surface area (Å²) in [5, 5.41) is 18.7. The molecule has 2 rings (SSSR count). The van der Waals surface area contributed by atoms with Crippen LogP contribution in [-0.4, -0.2) is 43.7 Å². The number of aryl methyl sites for hydroxylation is 1. The standard InChI is InChI=1S/C14H19BrF2N4O2/c1-7(6-20-10(4)11(15)9(3)19-20)12(22)21-14(23,13(16)17)5-8(2)18-21/h7,13,23H,5-6H2,1-4H3. The molecule has 9 heteroatoms. The number of amides is 1. The predicted molar refractivity (Wildman–Crippen MR) is 84.1 cm³/mol. The zero-order chi connectivity index (χ0) is 17.5. The van der Waals surface area contributed by atoms with E-state index in [2.05, 4.69) is 26.1 Å². The molecule has 0 fully saturated rings. The normalized spacial score (nSPS) is 22.7. The van der Waals surface area contributed by atoms with Crippen LogP contribution in [0.5, 0.6) is 0 Å². The van der Waals surface area contributed by atoms with Crippen LogP contribution in [0.15, 0.2) is 9.57 Å². The van der Waals surface area contributed by atoms with Gasteiger partial charge in [-0.25, -0.2) is 8.78 Å². The molecule has 1 aliphatic rings. The number of hydrazone groups is 1. The molecule has 1 aromatic heterocycles. The van der Waals surface area contributed by atoms with Crippen molar-refractivity contribution in [3.05, 3.63) is 15.9 Å². The monoisotopic (exact) mass is 392 g/mol. The molecule has 2 heterocycles. The highest BCUT2D eigenvalue weighted by Crippen LogP contribution is 2.32. The Morgan fingerprint density at radius 1 is 1.43 bits per heavy atom. The fourth-order valence-electron chi connectivity index (χ4n) is 2.55. The second-order valence-electron chi connectivity index (χ2n) is 5.91. The van der Waals surface area contributed by atoms with Crippen LogP contribution in [-0.2, 0) is 11.3 Å². The van der Waals surface area contributed by atoms with Crippen molar-refractivity contribution in [1.82, 2.24) is 14.8 Å². The van der Waals surface area contributed by atoms with E-state index < -0.39 is 24.0 Å². The molecule has 0 bridgehead atoms. The van der Waals surface area contributed by atoms with Gasteiger partial charge in [0, 0.05) is 17.8 Å². The maximum Gasteiger partial charge on any atom is 0.287 e. The number of hydrogen-bond donors (Lipinski definition) is 1. The minimum atomic E-state index is -3.09. The van der Waals surface area contributed by atoms with Crippen molar-refractivity contribution in [3.63, 3.8) is 0 Å². The van der Waals surface area contributed by atoms with Crippen LogP contribution >= 0.6 is 15.9 Å². The van der Waals surface area contributed by atoms with E-state index in [1.165, 1.54) is 6.92 Å². The summed E-state index contributed by atoms with van der Waals surface area (Å²) in [4.78, 5) is 12.5. The lowest BCUT2D eigenvalue weighted by Gasteiger charge is -2.31. The smallest absolute Gasteiger partial charge is 0.287 e. The third kappa shape index (κ3) is 3.16. The van der Waals surface area contributed by atoms with E-state index in [9.17, 15) is 18.7 Å². The van der Waals surface area contributed by atoms with Crippen molar-refractivity contribution in [2.75, 3.05) is 0 Å². The Hall–Kier alpha value is -1.35. The van der Waals surface area contributed by atoms with Gasteiger partial charge in [0.15, 0.2) is 0 Å². The quantitative estimate of drug-likeness (QED) is 0.855. The highest BCUT2D eigenvalue weighted by molar-refractivity contribution is 9.10. The van der Waals surface area contributed by atoms with Gasteiger partial charge < -0.3 is 5.11 Å². The highest BCUT2D eigenvalue weighted by atomic mass is 79.9. The highest BCUT2D eigenvalue weighted by Gasteiger charge is 2.51. The Bertz CT molecular complexity index is 661. The van der Waals surface area contributed by atoms with Crippen molar-refractivity contribution in [1.29, 1.82) is 0 Å². The van der Waals surface area contributed by atoms with Gasteiger partial charge in [-0.05, 0) is 36.7 Å². The first-order valence-corrected chi connectivity index (χ1v) is 7.95. The largest absolute Gasteiger partial charge is 0.364 e. The van der Waals surface area contributed by atoms with E-state index in [4.69, 9.17) is 0 Å². The molecule has 0 aliphatic carbocycles. The maximum absolute atomic E-state index is 13.2. The van der Waals surface area contributed by atoms with E-state index in [1.807, 2.05) is 13.8 Å². The topological polar surface area (TPSA) is 70.7 Å². The van der Waals surface area contributed by atoms with Gasteiger partial charge in [0.1, 0.15) is 0 Å². The van der Waals surface area contributed by atoms with Crippen LogP contribution in [0.2, 0.25) is 0 Å². The number of alkyl halides is 2. The molecular formula is C14H19BrF2N4O2. The van der Waals surface area contributed by atoms with Crippen LogP contribution in [0.1, 0.15) is 31.7 Å². The summed E-state index contributed by atoms with van der Waals surface area (Å²) < 4.78 is 28.8. The fraction of sp³-hybridized carbons (Fsp3) is 0.643. The molecule has 0 radical (unpaired) electrons. The molecule has 2 unspecified atom stereocenters. The minimum absolute atomic E-state index is 0.210. The molecule has 1 amide bonds.